The van der Waals surface area contributed by atoms with Crippen LogP contribution in [-0.2, 0) is 6.42 Å². The van der Waals surface area contributed by atoms with Gasteiger partial charge in [0.2, 0.25) is 6.79 Å². The van der Waals surface area contributed by atoms with E-state index < -0.39 is 0 Å². The van der Waals surface area contributed by atoms with Gasteiger partial charge in [-0.05, 0) is 34.9 Å². The van der Waals surface area contributed by atoms with E-state index in [9.17, 15) is 0 Å². The van der Waals surface area contributed by atoms with Gasteiger partial charge in [0, 0.05) is 25.5 Å². The molecule has 1 unspecified atom stereocenters. The van der Waals surface area contributed by atoms with Gasteiger partial charge in [-0.3, -0.25) is 4.99 Å². The van der Waals surface area contributed by atoms with Crippen molar-refractivity contribution < 1.29 is 9.47 Å². The van der Waals surface area contributed by atoms with E-state index >= 15 is 0 Å². The van der Waals surface area contributed by atoms with Gasteiger partial charge < -0.3 is 14.4 Å². The molecule has 0 N–H and O–H groups in total. The van der Waals surface area contributed by atoms with Crippen LogP contribution < -0.4 is 9.47 Å². The van der Waals surface area contributed by atoms with Crippen LogP contribution >= 0.6 is 24.0 Å². The molecule has 1 atom stereocenters. The van der Waals surface area contributed by atoms with Crippen molar-refractivity contribution in [1.82, 2.24) is 4.90 Å². The predicted octanol–water partition coefficient (Wildman–Crippen LogP) is 4.10. The summed E-state index contributed by atoms with van der Waals surface area (Å²) in [4.78, 5) is 6.99. The number of halogens is 2. The molecule has 0 saturated carbocycles. The van der Waals surface area contributed by atoms with Crippen molar-refractivity contribution in [2.75, 3.05) is 20.9 Å². The molecular weight excluding hydrogens is 347 g/mol. The van der Waals surface area contributed by atoms with Gasteiger partial charge in [0.25, 0.3) is 0 Å². The number of hydrogen-bond donors (Lipinski definition) is 0. The van der Waals surface area contributed by atoms with Gasteiger partial charge in [-0.25, -0.2) is 0 Å². The molecule has 0 spiro atoms. The first-order valence-electron chi connectivity index (χ1n) is 7.54. The van der Waals surface area contributed by atoms with Crippen molar-refractivity contribution in [2.45, 2.75) is 12.5 Å². The van der Waals surface area contributed by atoms with Crippen LogP contribution in [0, 0.1) is 0 Å². The van der Waals surface area contributed by atoms with Crippen LogP contribution in [0.25, 0.3) is 0 Å². The molecule has 2 heterocycles. The van der Waals surface area contributed by atoms with Crippen LogP contribution in [0.15, 0.2) is 41.4 Å². The number of aliphatic imine (C=N–C) groups is 1. The van der Waals surface area contributed by atoms with E-state index in [1.54, 1.807) is 0 Å². The second kappa shape index (κ2) is 6.54. The highest BCUT2D eigenvalue weighted by Crippen LogP contribution is 2.43. The average Bonchev–Trinajstić information content (AvgIpc) is 2.99. The molecule has 0 aromatic heterocycles. The van der Waals surface area contributed by atoms with Crippen molar-refractivity contribution in [3.63, 3.8) is 0 Å². The van der Waals surface area contributed by atoms with Gasteiger partial charge in [-0.2, -0.15) is 0 Å². The minimum atomic E-state index is -0.126. The molecule has 126 valence electrons. The van der Waals surface area contributed by atoms with Crippen LogP contribution in [0.5, 0.6) is 11.5 Å². The molecule has 4 nitrogen and oxygen atoms in total. The van der Waals surface area contributed by atoms with Gasteiger partial charge in [-0.1, -0.05) is 29.8 Å². The van der Waals surface area contributed by atoms with Crippen LogP contribution in [0.3, 0.4) is 0 Å². The first-order chi connectivity index (χ1) is 11.1. The van der Waals surface area contributed by atoms with Gasteiger partial charge in [-0.15, -0.1) is 12.4 Å². The molecule has 0 saturated heterocycles. The third-order valence-electron chi connectivity index (χ3n) is 4.27. The molecule has 0 amide bonds. The van der Waals surface area contributed by atoms with E-state index in [1.807, 2.05) is 44.4 Å². The minimum absolute atomic E-state index is 0. The Morgan fingerprint density at radius 3 is 2.50 bits per heavy atom. The SMILES string of the molecule is CN(C)C1=NC(c2ccccc2Cl)c2cc3c(cc2C1)OCO3.Cl. The number of benzene rings is 2. The largest absolute Gasteiger partial charge is 0.454 e. The molecular formula is C18H18Cl2N2O2. The highest BCUT2D eigenvalue weighted by molar-refractivity contribution is 6.31. The summed E-state index contributed by atoms with van der Waals surface area (Å²) in [6, 6.07) is 11.9. The number of likely N-dealkylation sites (N-methyl/N-ethyl adjacent to an activating group) is 1. The number of amidine groups is 1. The van der Waals surface area contributed by atoms with Gasteiger partial charge >= 0.3 is 0 Å². The molecule has 2 aliphatic heterocycles. The summed E-state index contributed by atoms with van der Waals surface area (Å²) in [5, 5.41) is 0.727. The van der Waals surface area contributed by atoms with E-state index in [1.165, 1.54) is 5.56 Å². The summed E-state index contributed by atoms with van der Waals surface area (Å²) in [7, 11) is 4.03. The number of fused-ring (bicyclic) bond motifs is 2. The summed E-state index contributed by atoms with van der Waals surface area (Å²) in [5.74, 6) is 2.62. The first-order valence-corrected chi connectivity index (χ1v) is 7.92. The lowest BCUT2D eigenvalue weighted by Gasteiger charge is -2.28. The smallest absolute Gasteiger partial charge is 0.231 e. The lowest BCUT2D eigenvalue weighted by atomic mass is 9.90. The topological polar surface area (TPSA) is 34.1 Å². The summed E-state index contributed by atoms with van der Waals surface area (Å²) in [6.07, 6.45) is 0.778. The van der Waals surface area contributed by atoms with E-state index in [0.29, 0.717) is 0 Å². The zero-order valence-electron chi connectivity index (χ0n) is 13.5. The van der Waals surface area contributed by atoms with E-state index in [0.717, 1.165) is 39.9 Å². The van der Waals surface area contributed by atoms with Crippen molar-refractivity contribution in [3.05, 3.63) is 58.1 Å². The van der Waals surface area contributed by atoms with Crippen LogP contribution in [0.2, 0.25) is 5.02 Å². The average molecular weight is 365 g/mol. The molecule has 2 aromatic carbocycles. The summed E-state index contributed by atoms with van der Waals surface area (Å²) in [6.45, 7) is 0.274. The van der Waals surface area contributed by atoms with Gasteiger partial charge in [0.15, 0.2) is 11.5 Å². The van der Waals surface area contributed by atoms with E-state index in [-0.39, 0.29) is 25.2 Å². The Hall–Kier alpha value is -1.91. The normalized spacial score (nSPS) is 17.6. The zero-order valence-corrected chi connectivity index (χ0v) is 15.0. The van der Waals surface area contributed by atoms with Crippen molar-refractivity contribution in [1.29, 1.82) is 0 Å². The first kappa shape index (κ1) is 16.9. The van der Waals surface area contributed by atoms with Crippen molar-refractivity contribution in [3.8, 4) is 11.5 Å². The van der Waals surface area contributed by atoms with Crippen molar-refractivity contribution in [2.24, 2.45) is 4.99 Å². The molecule has 6 heteroatoms. The van der Waals surface area contributed by atoms with Crippen LogP contribution in [-0.4, -0.2) is 31.6 Å². The highest BCUT2D eigenvalue weighted by atomic mass is 35.5. The third kappa shape index (κ3) is 2.80. The maximum Gasteiger partial charge on any atom is 0.231 e. The molecule has 0 fully saturated rings. The fourth-order valence-corrected chi connectivity index (χ4v) is 3.29. The summed E-state index contributed by atoms with van der Waals surface area (Å²) < 4.78 is 11.1. The van der Waals surface area contributed by atoms with Gasteiger partial charge in [0.05, 0.1) is 0 Å². The number of hydrogen-bond acceptors (Lipinski definition) is 4. The highest BCUT2D eigenvalue weighted by Gasteiger charge is 2.28. The Morgan fingerprint density at radius 1 is 1.08 bits per heavy atom. The lowest BCUT2D eigenvalue weighted by molar-refractivity contribution is 0.174. The molecule has 4 rings (SSSR count). The predicted molar refractivity (Wildman–Crippen MR) is 97.9 cm³/mol. The monoisotopic (exact) mass is 364 g/mol. The lowest BCUT2D eigenvalue weighted by Crippen LogP contribution is -2.28. The maximum absolute atomic E-state index is 6.43. The summed E-state index contributed by atoms with van der Waals surface area (Å²) >= 11 is 6.43. The second-order valence-corrected chi connectivity index (χ2v) is 6.35. The van der Waals surface area contributed by atoms with Crippen LogP contribution in [0.1, 0.15) is 22.7 Å². The number of nitrogens with zero attached hydrogens (tertiary/aromatic N) is 2. The maximum atomic E-state index is 6.43. The standard InChI is InChI=1S/C18H17ClN2O2.ClH/c1-21(2)17-8-11-7-15-16(23-10-22-15)9-13(11)18(20-17)12-5-3-4-6-14(12)19;/h3-7,9,18H,8,10H2,1-2H3;1H. The fourth-order valence-electron chi connectivity index (χ4n) is 3.05. The van der Waals surface area contributed by atoms with Crippen molar-refractivity contribution >= 4 is 29.8 Å². The Labute approximate surface area is 152 Å². The Morgan fingerprint density at radius 2 is 1.79 bits per heavy atom. The fraction of sp³-hybridized carbons (Fsp3) is 0.278. The molecule has 2 aromatic rings. The quantitative estimate of drug-likeness (QED) is 0.763. The van der Waals surface area contributed by atoms with E-state index in [2.05, 4.69) is 11.0 Å². The molecule has 0 aliphatic carbocycles. The van der Waals surface area contributed by atoms with Crippen LogP contribution in [0.4, 0.5) is 0 Å². The second-order valence-electron chi connectivity index (χ2n) is 5.94. The van der Waals surface area contributed by atoms with Gasteiger partial charge in [0.1, 0.15) is 11.9 Å². The Kier molecular flexibility index (Phi) is 4.61. The molecule has 24 heavy (non-hydrogen) atoms. The molecule has 0 bridgehead atoms. The summed E-state index contributed by atoms with van der Waals surface area (Å²) in [5.41, 5.74) is 3.35. The number of rotatable bonds is 1. The Bertz CT molecular complexity index is 806. The molecule has 0 radical (unpaired) electrons. The Balaban J connectivity index is 0.00000169. The minimum Gasteiger partial charge on any atom is -0.454 e. The number of ether oxygens (including phenoxy) is 2. The zero-order chi connectivity index (χ0) is 16.0. The molecule has 2 aliphatic rings. The third-order valence-corrected chi connectivity index (χ3v) is 4.62. The van der Waals surface area contributed by atoms with E-state index in [4.69, 9.17) is 26.1 Å².